The second-order valence-corrected chi connectivity index (χ2v) is 6.68. The summed E-state index contributed by atoms with van der Waals surface area (Å²) in [6, 6.07) is 11.9. The number of amides is 2. The molecule has 3 rings (SSSR count). The van der Waals surface area contributed by atoms with Crippen LogP contribution in [0.4, 0.5) is 15.3 Å². The topological polar surface area (TPSA) is 77.1 Å². The third kappa shape index (κ3) is 5.29. The van der Waals surface area contributed by atoms with E-state index in [0.29, 0.717) is 40.9 Å². The van der Waals surface area contributed by atoms with E-state index >= 15 is 0 Å². The lowest BCUT2D eigenvalue weighted by atomic mass is 10.2. The molecule has 0 unspecified atom stereocenters. The fourth-order valence-corrected chi connectivity index (χ4v) is 2.96. The van der Waals surface area contributed by atoms with Gasteiger partial charge in [-0.25, -0.2) is 9.59 Å². The van der Waals surface area contributed by atoms with E-state index in [9.17, 15) is 9.59 Å². The van der Waals surface area contributed by atoms with Crippen LogP contribution >= 0.6 is 11.6 Å². The zero-order valence-electron chi connectivity index (χ0n) is 15.4. The van der Waals surface area contributed by atoms with Crippen LogP contribution < -0.4 is 14.8 Å². The number of likely N-dealkylation sites (tertiary alicyclic amines) is 1. The maximum atomic E-state index is 12.0. The van der Waals surface area contributed by atoms with Crippen LogP contribution in [0.3, 0.4) is 0 Å². The number of anilines is 1. The third-order valence-electron chi connectivity index (χ3n) is 4.26. The lowest BCUT2D eigenvalue weighted by Crippen LogP contribution is -2.29. The van der Waals surface area contributed by atoms with Gasteiger partial charge in [0.25, 0.3) is 0 Å². The van der Waals surface area contributed by atoms with Gasteiger partial charge in [0.1, 0.15) is 11.5 Å². The molecular formula is C20H21ClN2O5. The van der Waals surface area contributed by atoms with Crippen LogP contribution in [0.2, 0.25) is 5.02 Å². The average Bonchev–Trinajstić information content (AvgIpc) is 3.21. The van der Waals surface area contributed by atoms with Crippen molar-refractivity contribution in [1.29, 1.82) is 0 Å². The van der Waals surface area contributed by atoms with Gasteiger partial charge in [-0.15, -0.1) is 0 Å². The highest BCUT2D eigenvalue weighted by atomic mass is 35.5. The summed E-state index contributed by atoms with van der Waals surface area (Å²) in [5, 5.41) is 3.00. The zero-order valence-corrected chi connectivity index (χ0v) is 16.2. The quantitative estimate of drug-likeness (QED) is 0.722. The van der Waals surface area contributed by atoms with E-state index in [1.807, 2.05) is 6.07 Å². The maximum absolute atomic E-state index is 12.0. The number of benzene rings is 2. The van der Waals surface area contributed by atoms with E-state index in [1.54, 1.807) is 48.2 Å². The Kier molecular flexibility index (Phi) is 6.60. The minimum atomic E-state index is -0.655. The Hall–Kier alpha value is -2.93. The summed E-state index contributed by atoms with van der Waals surface area (Å²) in [7, 11) is 0. The van der Waals surface area contributed by atoms with Crippen molar-refractivity contribution in [1.82, 2.24) is 4.90 Å². The van der Waals surface area contributed by atoms with E-state index in [0.717, 1.165) is 12.8 Å². The lowest BCUT2D eigenvalue weighted by Gasteiger charge is -2.17. The number of halogens is 1. The highest BCUT2D eigenvalue weighted by Gasteiger charge is 2.19. The van der Waals surface area contributed by atoms with Crippen LogP contribution in [0.1, 0.15) is 18.4 Å². The number of para-hydroxylation sites is 1. The Balaban J connectivity index is 1.58. The lowest BCUT2D eigenvalue weighted by molar-refractivity contribution is 0.0388. The summed E-state index contributed by atoms with van der Waals surface area (Å²) in [5.74, 6) is 0.820. The summed E-state index contributed by atoms with van der Waals surface area (Å²) in [5.41, 5.74) is 1.07. The van der Waals surface area contributed by atoms with Gasteiger partial charge in [0.2, 0.25) is 6.79 Å². The molecule has 2 amide bonds. The van der Waals surface area contributed by atoms with Gasteiger partial charge in [-0.05, 0) is 38.0 Å². The summed E-state index contributed by atoms with van der Waals surface area (Å²) >= 11 is 6.22. The molecule has 0 saturated carbocycles. The van der Waals surface area contributed by atoms with Crippen molar-refractivity contribution in [3.63, 3.8) is 0 Å². The second kappa shape index (κ2) is 9.32. The number of ether oxygens (including phenoxy) is 3. The van der Waals surface area contributed by atoms with Crippen LogP contribution in [0.15, 0.2) is 42.5 Å². The molecule has 0 atom stereocenters. The monoisotopic (exact) mass is 404 g/mol. The molecule has 0 spiro atoms. The van der Waals surface area contributed by atoms with Gasteiger partial charge in [0, 0.05) is 35.4 Å². The molecule has 8 heteroatoms. The Morgan fingerprint density at radius 1 is 1.14 bits per heavy atom. The predicted molar refractivity (Wildman–Crippen MR) is 105 cm³/mol. The molecule has 7 nitrogen and oxygen atoms in total. The molecule has 1 heterocycles. The van der Waals surface area contributed by atoms with Crippen LogP contribution in [-0.2, 0) is 4.74 Å². The Morgan fingerprint density at radius 3 is 2.57 bits per heavy atom. The zero-order chi connectivity index (χ0) is 19.9. The number of carbonyl (C=O) groups excluding carboxylic acids is 2. The highest BCUT2D eigenvalue weighted by molar-refractivity contribution is 6.31. The second-order valence-electron chi connectivity index (χ2n) is 6.28. The number of hydrogen-bond donors (Lipinski definition) is 1. The number of carbonyl (C=O) groups is 2. The number of hydrogen-bond acceptors (Lipinski definition) is 5. The molecule has 148 valence electrons. The van der Waals surface area contributed by atoms with Crippen molar-refractivity contribution < 1.29 is 23.8 Å². The smallest absolute Gasteiger partial charge is 0.417 e. The van der Waals surface area contributed by atoms with Crippen LogP contribution in [0.25, 0.3) is 0 Å². The molecule has 2 aromatic carbocycles. The van der Waals surface area contributed by atoms with Gasteiger partial charge in [-0.3, -0.25) is 5.32 Å². The molecule has 0 radical (unpaired) electrons. The Labute approximate surface area is 168 Å². The van der Waals surface area contributed by atoms with Crippen molar-refractivity contribution in [3.05, 3.63) is 53.1 Å². The molecule has 0 bridgehead atoms. The van der Waals surface area contributed by atoms with Gasteiger partial charge in [-0.2, -0.15) is 0 Å². The Morgan fingerprint density at radius 2 is 1.86 bits per heavy atom. The molecule has 1 aliphatic rings. The molecule has 0 aliphatic carbocycles. The van der Waals surface area contributed by atoms with Gasteiger partial charge in [-0.1, -0.05) is 29.8 Å². The first-order valence-corrected chi connectivity index (χ1v) is 9.29. The molecule has 1 fully saturated rings. The first kappa shape index (κ1) is 19.8. The van der Waals surface area contributed by atoms with Crippen LogP contribution in [-0.4, -0.2) is 37.0 Å². The molecule has 28 heavy (non-hydrogen) atoms. The molecule has 1 N–H and O–H groups in total. The van der Waals surface area contributed by atoms with Gasteiger partial charge < -0.3 is 19.1 Å². The van der Waals surface area contributed by atoms with Crippen LogP contribution in [0.5, 0.6) is 11.5 Å². The first-order valence-electron chi connectivity index (χ1n) is 8.91. The molecule has 1 saturated heterocycles. The SMILES string of the molecule is Cc1c(Cl)cc(NC(=O)Oc2ccccc2)cc1OCOC(=O)N1CCCC1. The van der Waals surface area contributed by atoms with E-state index in [4.69, 9.17) is 25.8 Å². The number of rotatable bonds is 5. The summed E-state index contributed by atoms with van der Waals surface area (Å²) < 4.78 is 15.9. The minimum Gasteiger partial charge on any atom is -0.457 e. The largest absolute Gasteiger partial charge is 0.457 e. The van der Waals surface area contributed by atoms with E-state index < -0.39 is 12.2 Å². The first-order chi connectivity index (χ1) is 13.5. The Bertz CT molecular complexity index is 838. The van der Waals surface area contributed by atoms with Crippen molar-refractivity contribution in [2.24, 2.45) is 0 Å². The molecular weight excluding hydrogens is 384 g/mol. The summed E-state index contributed by atoms with van der Waals surface area (Å²) in [4.78, 5) is 25.6. The van der Waals surface area contributed by atoms with Gasteiger partial charge >= 0.3 is 12.2 Å². The maximum Gasteiger partial charge on any atom is 0.417 e. The molecule has 1 aliphatic heterocycles. The van der Waals surface area contributed by atoms with E-state index in [1.165, 1.54) is 0 Å². The van der Waals surface area contributed by atoms with E-state index in [2.05, 4.69) is 5.32 Å². The van der Waals surface area contributed by atoms with Crippen molar-refractivity contribution in [2.75, 3.05) is 25.2 Å². The fourth-order valence-electron chi connectivity index (χ4n) is 2.75. The van der Waals surface area contributed by atoms with Crippen molar-refractivity contribution >= 4 is 29.5 Å². The number of nitrogens with zero attached hydrogens (tertiary/aromatic N) is 1. The molecule has 2 aromatic rings. The summed E-state index contributed by atoms with van der Waals surface area (Å²) in [6.45, 7) is 2.93. The molecule has 0 aromatic heterocycles. The van der Waals surface area contributed by atoms with Gasteiger partial charge in [0.15, 0.2) is 0 Å². The van der Waals surface area contributed by atoms with Crippen LogP contribution in [0, 0.1) is 6.92 Å². The minimum absolute atomic E-state index is 0.246. The van der Waals surface area contributed by atoms with Gasteiger partial charge in [0.05, 0.1) is 0 Å². The van der Waals surface area contributed by atoms with Crippen molar-refractivity contribution in [3.8, 4) is 11.5 Å². The average molecular weight is 405 g/mol. The standard InChI is InChI=1S/C20H21ClN2O5/c1-14-17(21)11-15(22-19(24)28-16-7-3-2-4-8-16)12-18(14)26-13-27-20(25)23-9-5-6-10-23/h2-4,7-8,11-12H,5-6,9-10,13H2,1H3,(H,22,24). The summed E-state index contributed by atoms with van der Waals surface area (Å²) in [6.07, 6.45) is 0.911. The third-order valence-corrected chi connectivity index (χ3v) is 4.65. The van der Waals surface area contributed by atoms with E-state index in [-0.39, 0.29) is 6.79 Å². The van der Waals surface area contributed by atoms with Crippen molar-refractivity contribution in [2.45, 2.75) is 19.8 Å². The fraction of sp³-hybridized carbons (Fsp3) is 0.300. The number of nitrogens with one attached hydrogen (secondary N) is 1. The normalized spacial score (nSPS) is 13.1. The predicted octanol–water partition coefficient (Wildman–Crippen LogP) is 4.83. The highest BCUT2D eigenvalue weighted by Crippen LogP contribution is 2.30.